The van der Waals surface area contributed by atoms with Crippen molar-refractivity contribution in [3.05, 3.63) is 45.2 Å². The Labute approximate surface area is 113 Å². The molecule has 0 aliphatic heterocycles. The Morgan fingerprint density at radius 3 is 2.94 bits per heavy atom. The molecule has 0 bridgehead atoms. The molecule has 2 heterocycles. The molecule has 2 aromatic heterocycles. The molecule has 18 heavy (non-hydrogen) atoms. The van der Waals surface area contributed by atoms with Gasteiger partial charge in [-0.25, -0.2) is 4.68 Å². The molecule has 0 spiro atoms. The first kappa shape index (κ1) is 12.9. The summed E-state index contributed by atoms with van der Waals surface area (Å²) in [5.41, 5.74) is 0.516. The maximum Gasteiger partial charge on any atom is 0.283 e. The highest BCUT2D eigenvalue weighted by atomic mass is 79.9. The summed E-state index contributed by atoms with van der Waals surface area (Å²) in [5.74, 6) is 0.801. The molecule has 2 aromatic rings. The molecule has 6 heteroatoms. The average Bonchev–Trinajstić information content (AvgIpc) is 2.83. The van der Waals surface area contributed by atoms with Gasteiger partial charge in [-0.15, -0.1) is 0 Å². The van der Waals surface area contributed by atoms with Crippen molar-refractivity contribution in [1.29, 1.82) is 0 Å². The SMILES string of the molecule is CC(C)n1ncc(NCc2ccco2)c(Br)c1=O. The lowest BCUT2D eigenvalue weighted by Gasteiger charge is -2.11. The van der Waals surface area contributed by atoms with Crippen LogP contribution in [0.4, 0.5) is 5.69 Å². The van der Waals surface area contributed by atoms with Crippen LogP contribution in [-0.4, -0.2) is 9.78 Å². The van der Waals surface area contributed by atoms with E-state index in [0.29, 0.717) is 16.7 Å². The quantitative estimate of drug-likeness (QED) is 0.943. The molecule has 0 aliphatic rings. The van der Waals surface area contributed by atoms with Crippen molar-refractivity contribution in [2.24, 2.45) is 0 Å². The number of halogens is 1. The summed E-state index contributed by atoms with van der Waals surface area (Å²) >= 11 is 3.30. The maximum atomic E-state index is 12.0. The zero-order valence-corrected chi connectivity index (χ0v) is 11.8. The molecular formula is C12H14BrN3O2. The van der Waals surface area contributed by atoms with E-state index in [2.05, 4.69) is 26.3 Å². The lowest BCUT2D eigenvalue weighted by atomic mass is 10.3. The van der Waals surface area contributed by atoms with Crippen LogP contribution < -0.4 is 10.9 Å². The van der Waals surface area contributed by atoms with E-state index < -0.39 is 0 Å². The number of nitrogens with one attached hydrogen (secondary N) is 1. The number of hydrogen-bond donors (Lipinski definition) is 1. The highest BCUT2D eigenvalue weighted by Crippen LogP contribution is 2.18. The van der Waals surface area contributed by atoms with Crippen molar-refractivity contribution < 1.29 is 4.42 Å². The number of furan rings is 1. The van der Waals surface area contributed by atoms with E-state index in [9.17, 15) is 4.79 Å². The number of hydrogen-bond acceptors (Lipinski definition) is 4. The number of nitrogens with zero attached hydrogens (tertiary/aromatic N) is 2. The van der Waals surface area contributed by atoms with Gasteiger partial charge < -0.3 is 9.73 Å². The monoisotopic (exact) mass is 311 g/mol. The van der Waals surface area contributed by atoms with E-state index in [1.54, 1.807) is 12.5 Å². The summed E-state index contributed by atoms with van der Waals surface area (Å²) in [6.07, 6.45) is 3.25. The fraction of sp³-hybridized carbons (Fsp3) is 0.333. The summed E-state index contributed by atoms with van der Waals surface area (Å²) < 4.78 is 7.12. The van der Waals surface area contributed by atoms with Gasteiger partial charge in [-0.2, -0.15) is 5.10 Å². The lowest BCUT2D eigenvalue weighted by molar-refractivity contribution is 0.500. The average molecular weight is 312 g/mol. The number of aromatic nitrogens is 2. The van der Waals surface area contributed by atoms with Crippen molar-refractivity contribution in [3.8, 4) is 0 Å². The van der Waals surface area contributed by atoms with Crippen molar-refractivity contribution in [3.63, 3.8) is 0 Å². The summed E-state index contributed by atoms with van der Waals surface area (Å²) in [4.78, 5) is 12.0. The van der Waals surface area contributed by atoms with E-state index in [-0.39, 0.29) is 11.6 Å². The minimum absolute atomic E-state index is 0.0351. The van der Waals surface area contributed by atoms with Crippen LogP contribution in [0.5, 0.6) is 0 Å². The highest BCUT2D eigenvalue weighted by Gasteiger charge is 2.10. The molecule has 2 rings (SSSR count). The molecule has 0 atom stereocenters. The summed E-state index contributed by atoms with van der Waals surface area (Å²) in [7, 11) is 0. The predicted octanol–water partition coefficient (Wildman–Crippen LogP) is 2.79. The van der Waals surface area contributed by atoms with Crippen LogP contribution in [0.2, 0.25) is 0 Å². The zero-order valence-electron chi connectivity index (χ0n) is 10.2. The molecule has 0 fully saturated rings. The molecule has 0 amide bonds. The van der Waals surface area contributed by atoms with Gasteiger partial charge in [0, 0.05) is 0 Å². The van der Waals surface area contributed by atoms with Gasteiger partial charge in [-0.3, -0.25) is 4.79 Å². The molecule has 0 aromatic carbocycles. The first-order valence-corrected chi connectivity index (χ1v) is 6.42. The lowest BCUT2D eigenvalue weighted by Crippen LogP contribution is -2.26. The Bertz CT molecular complexity index is 576. The molecule has 0 aliphatic carbocycles. The normalized spacial score (nSPS) is 10.9. The second-order valence-electron chi connectivity index (χ2n) is 4.15. The van der Waals surface area contributed by atoms with Crippen LogP contribution in [0.15, 0.2) is 38.3 Å². The molecular weight excluding hydrogens is 298 g/mol. The van der Waals surface area contributed by atoms with E-state index >= 15 is 0 Å². The summed E-state index contributed by atoms with van der Waals surface area (Å²) in [5, 5.41) is 7.23. The third kappa shape index (κ3) is 2.64. The van der Waals surface area contributed by atoms with Crippen molar-refractivity contribution >= 4 is 21.6 Å². The van der Waals surface area contributed by atoms with Gasteiger partial charge in [0.05, 0.1) is 30.7 Å². The van der Waals surface area contributed by atoms with Crippen molar-refractivity contribution in [2.75, 3.05) is 5.32 Å². The van der Waals surface area contributed by atoms with Crippen LogP contribution in [0.3, 0.4) is 0 Å². The fourth-order valence-corrected chi connectivity index (χ4v) is 1.96. The van der Waals surface area contributed by atoms with Gasteiger partial charge >= 0.3 is 0 Å². The Balaban J connectivity index is 2.20. The van der Waals surface area contributed by atoms with Gasteiger partial charge in [0.25, 0.3) is 5.56 Å². The topological polar surface area (TPSA) is 60.1 Å². The molecule has 1 N–H and O–H groups in total. The Kier molecular flexibility index (Phi) is 3.86. The van der Waals surface area contributed by atoms with E-state index in [4.69, 9.17) is 4.42 Å². The first-order valence-electron chi connectivity index (χ1n) is 5.63. The fourth-order valence-electron chi connectivity index (χ4n) is 1.53. The Morgan fingerprint density at radius 2 is 2.33 bits per heavy atom. The third-order valence-electron chi connectivity index (χ3n) is 2.47. The Morgan fingerprint density at radius 1 is 1.56 bits per heavy atom. The van der Waals surface area contributed by atoms with Gasteiger partial charge in [-0.05, 0) is 41.9 Å². The first-order chi connectivity index (χ1) is 8.59. The van der Waals surface area contributed by atoms with Gasteiger partial charge in [-0.1, -0.05) is 0 Å². The van der Waals surface area contributed by atoms with Gasteiger partial charge in [0.2, 0.25) is 0 Å². The number of anilines is 1. The minimum Gasteiger partial charge on any atom is -0.467 e. The van der Waals surface area contributed by atoms with Crippen LogP contribution in [0, 0.1) is 0 Å². The highest BCUT2D eigenvalue weighted by molar-refractivity contribution is 9.10. The zero-order chi connectivity index (χ0) is 13.1. The maximum absolute atomic E-state index is 12.0. The van der Waals surface area contributed by atoms with Gasteiger partial charge in [0.15, 0.2) is 0 Å². The molecule has 0 unspecified atom stereocenters. The van der Waals surface area contributed by atoms with Crippen molar-refractivity contribution in [2.45, 2.75) is 26.4 Å². The van der Waals surface area contributed by atoms with Crippen LogP contribution in [0.25, 0.3) is 0 Å². The van der Waals surface area contributed by atoms with E-state index in [1.807, 2.05) is 26.0 Å². The standard InChI is InChI=1S/C12H14BrN3O2/c1-8(2)16-12(17)11(13)10(7-15-16)14-6-9-4-3-5-18-9/h3-5,7-8,14H,6H2,1-2H3. The minimum atomic E-state index is -0.144. The third-order valence-corrected chi connectivity index (χ3v) is 3.23. The summed E-state index contributed by atoms with van der Waals surface area (Å²) in [6, 6.07) is 3.72. The molecule has 0 saturated heterocycles. The largest absolute Gasteiger partial charge is 0.467 e. The van der Waals surface area contributed by atoms with Crippen LogP contribution in [0.1, 0.15) is 25.6 Å². The predicted molar refractivity (Wildman–Crippen MR) is 72.6 cm³/mol. The number of rotatable bonds is 4. The van der Waals surface area contributed by atoms with Crippen molar-refractivity contribution in [1.82, 2.24) is 9.78 Å². The molecule has 96 valence electrons. The smallest absolute Gasteiger partial charge is 0.283 e. The molecule has 0 radical (unpaired) electrons. The Hall–Kier alpha value is -1.56. The van der Waals surface area contributed by atoms with E-state index in [1.165, 1.54) is 4.68 Å². The van der Waals surface area contributed by atoms with Crippen LogP contribution >= 0.6 is 15.9 Å². The molecule has 5 nitrogen and oxygen atoms in total. The second kappa shape index (κ2) is 5.39. The summed E-state index contributed by atoms with van der Waals surface area (Å²) in [6.45, 7) is 4.34. The van der Waals surface area contributed by atoms with E-state index in [0.717, 1.165) is 5.76 Å². The van der Waals surface area contributed by atoms with Crippen LogP contribution in [-0.2, 0) is 6.54 Å². The van der Waals surface area contributed by atoms with Gasteiger partial charge in [0.1, 0.15) is 10.2 Å². The molecule has 0 saturated carbocycles. The second-order valence-corrected chi connectivity index (χ2v) is 4.94.